The summed E-state index contributed by atoms with van der Waals surface area (Å²) in [6.45, 7) is 0. The number of carbonyl (C=O) groups is 1. The second-order valence-corrected chi connectivity index (χ2v) is 7.41. The lowest BCUT2D eigenvalue weighted by Crippen LogP contribution is -2.14. The van der Waals surface area contributed by atoms with Gasteiger partial charge in [-0.2, -0.15) is 18.3 Å². The molecule has 0 bridgehead atoms. The van der Waals surface area contributed by atoms with Crippen LogP contribution >= 0.6 is 0 Å². The van der Waals surface area contributed by atoms with Crippen LogP contribution in [0, 0.1) is 0 Å². The molecule has 0 unspecified atom stereocenters. The third-order valence-electron chi connectivity index (χ3n) is 5.32. The minimum absolute atomic E-state index is 0.0397. The molecule has 0 saturated carbocycles. The summed E-state index contributed by atoms with van der Waals surface area (Å²) in [5, 5.41) is 4.55. The Morgan fingerprint density at radius 2 is 1.76 bits per heavy atom. The van der Waals surface area contributed by atoms with Crippen LogP contribution in [0.5, 0.6) is 0 Å². The van der Waals surface area contributed by atoms with Crippen molar-refractivity contribution in [1.29, 1.82) is 0 Å². The number of fused-ring (bicyclic) bond motifs is 1. The van der Waals surface area contributed by atoms with Crippen molar-refractivity contribution in [3.05, 3.63) is 96.6 Å². The van der Waals surface area contributed by atoms with E-state index in [-0.39, 0.29) is 11.1 Å². The van der Waals surface area contributed by atoms with Crippen molar-refractivity contribution in [2.45, 2.75) is 6.18 Å². The molecule has 3 heterocycles. The zero-order chi connectivity index (χ0) is 23.2. The Labute approximate surface area is 185 Å². The zero-order valence-electron chi connectivity index (χ0n) is 17.0. The number of hydrogen-bond acceptors (Lipinski definition) is 3. The van der Waals surface area contributed by atoms with E-state index in [0.29, 0.717) is 11.3 Å². The largest absolute Gasteiger partial charge is 0.417 e. The van der Waals surface area contributed by atoms with E-state index >= 15 is 0 Å². The number of alkyl halides is 3. The van der Waals surface area contributed by atoms with Crippen molar-refractivity contribution < 1.29 is 18.0 Å². The average Bonchev–Trinajstić information content (AvgIpc) is 3.40. The van der Waals surface area contributed by atoms with E-state index in [1.54, 1.807) is 53.6 Å². The van der Waals surface area contributed by atoms with E-state index in [0.717, 1.165) is 23.0 Å². The van der Waals surface area contributed by atoms with Crippen molar-refractivity contribution in [1.82, 2.24) is 19.2 Å². The smallest absolute Gasteiger partial charge is 0.366 e. The van der Waals surface area contributed by atoms with E-state index in [4.69, 9.17) is 5.73 Å². The molecular weight excluding hydrogens is 431 g/mol. The number of rotatable bonds is 4. The van der Waals surface area contributed by atoms with Crippen LogP contribution in [0.3, 0.4) is 0 Å². The van der Waals surface area contributed by atoms with E-state index < -0.39 is 17.6 Å². The molecule has 164 valence electrons. The molecule has 0 aliphatic rings. The molecule has 1 amide bonds. The summed E-state index contributed by atoms with van der Waals surface area (Å²) in [6.07, 6.45) is 2.29. The van der Waals surface area contributed by atoms with Gasteiger partial charge in [0.25, 0.3) is 0 Å². The predicted molar refractivity (Wildman–Crippen MR) is 117 cm³/mol. The van der Waals surface area contributed by atoms with E-state index in [9.17, 15) is 18.0 Å². The molecule has 0 radical (unpaired) electrons. The fourth-order valence-electron chi connectivity index (χ4n) is 3.76. The normalized spacial score (nSPS) is 11.7. The highest BCUT2D eigenvalue weighted by Crippen LogP contribution is 2.38. The third-order valence-corrected chi connectivity index (χ3v) is 5.32. The van der Waals surface area contributed by atoms with Crippen LogP contribution in [0.4, 0.5) is 13.2 Å². The number of halogens is 3. The number of hydrogen-bond donors (Lipinski definition) is 1. The molecule has 2 N–H and O–H groups in total. The quantitative estimate of drug-likeness (QED) is 0.423. The van der Waals surface area contributed by atoms with Crippen molar-refractivity contribution in [3.8, 4) is 28.1 Å². The molecule has 5 aromatic rings. The summed E-state index contributed by atoms with van der Waals surface area (Å²) in [4.78, 5) is 15.5. The second-order valence-electron chi connectivity index (χ2n) is 7.41. The van der Waals surface area contributed by atoms with Crippen LogP contribution in [0.15, 0.2) is 85.5 Å². The first-order valence-electron chi connectivity index (χ1n) is 9.90. The topological polar surface area (TPSA) is 78.2 Å². The van der Waals surface area contributed by atoms with Gasteiger partial charge in [-0.3, -0.25) is 9.78 Å². The lowest BCUT2D eigenvalue weighted by Gasteiger charge is -2.15. The third kappa shape index (κ3) is 3.73. The first kappa shape index (κ1) is 20.5. The number of imidazole rings is 1. The molecule has 0 aliphatic carbocycles. The fraction of sp³-hybridized carbons (Fsp3) is 0.0417. The molecule has 0 atom stereocenters. The summed E-state index contributed by atoms with van der Waals surface area (Å²) in [5.74, 6) is -0.916. The maximum Gasteiger partial charge on any atom is 0.417 e. The number of nitrogens with two attached hydrogens (primary N) is 1. The number of amides is 1. The highest BCUT2D eigenvalue weighted by Gasteiger charge is 2.34. The predicted octanol–water partition coefficient (Wildman–Crippen LogP) is 4.97. The Kier molecular flexibility index (Phi) is 4.74. The number of primary amides is 1. The molecule has 6 nitrogen and oxygen atoms in total. The molecule has 0 fully saturated rings. The molecule has 2 aromatic carbocycles. The van der Waals surface area contributed by atoms with Crippen LogP contribution in [0.2, 0.25) is 0 Å². The van der Waals surface area contributed by atoms with E-state index in [1.165, 1.54) is 12.1 Å². The first-order valence-corrected chi connectivity index (χ1v) is 9.90. The molecular formula is C24H16F3N5O. The number of aromatic nitrogens is 4. The second kappa shape index (κ2) is 7.63. The van der Waals surface area contributed by atoms with Crippen LogP contribution < -0.4 is 5.73 Å². The van der Waals surface area contributed by atoms with Gasteiger partial charge in [0.2, 0.25) is 5.91 Å². The SMILES string of the molecule is NC(=O)c1ccc(-c2cccc(-n3ccn4nc(-c5cccnc5)cc34)c2)c(C(F)(F)F)c1. The minimum Gasteiger partial charge on any atom is -0.366 e. The van der Waals surface area contributed by atoms with Crippen molar-refractivity contribution in [3.63, 3.8) is 0 Å². The molecule has 0 aliphatic heterocycles. The lowest BCUT2D eigenvalue weighted by molar-refractivity contribution is -0.137. The zero-order valence-corrected chi connectivity index (χ0v) is 17.0. The van der Waals surface area contributed by atoms with Gasteiger partial charge in [-0.1, -0.05) is 18.2 Å². The van der Waals surface area contributed by atoms with E-state index in [1.807, 2.05) is 22.8 Å². The van der Waals surface area contributed by atoms with Crippen LogP contribution in [-0.4, -0.2) is 25.1 Å². The molecule has 3 aromatic heterocycles. The van der Waals surface area contributed by atoms with Gasteiger partial charge in [-0.05, 0) is 47.5 Å². The Morgan fingerprint density at radius 1 is 0.939 bits per heavy atom. The van der Waals surface area contributed by atoms with Gasteiger partial charge in [0.1, 0.15) is 5.65 Å². The summed E-state index contributed by atoms with van der Waals surface area (Å²) >= 11 is 0. The van der Waals surface area contributed by atoms with Crippen molar-refractivity contribution in [2.24, 2.45) is 5.73 Å². The summed E-state index contributed by atoms with van der Waals surface area (Å²) < 4.78 is 44.8. The average molecular weight is 447 g/mol. The van der Waals surface area contributed by atoms with Gasteiger partial charge in [-0.25, -0.2) is 4.52 Å². The lowest BCUT2D eigenvalue weighted by atomic mass is 9.96. The highest BCUT2D eigenvalue weighted by atomic mass is 19.4. The summed E-state index contributed by atoms with van der Waals surface area (Å²) in [5.41, 5.74) is 7.36. The van der Waals surface area contributed by atoms with Gasteiger partial charge in [0, 0.05) is 47.7 Å². The summed E-state index contributed by atoms with van der Waals surface area (Å²) in [6, 6.07) is 15.7. The minimum atomic E-state index is -4.65. The fourth-order valence-corrected chi connectivity index (χ4v) is 3.76. The monoisotopic (exact) mass is 447 g/mol. The Morgan fingerprint density at radius 3 is 2.48 bits per heavy atom. The van der Waals surface area contributed by atoms with Crippen LogP contribution in [0.25, 0.3) is 33.7 Å². The van der Waals surface area contributed by atoms with Crippen molar-refractivity contribution in [2.75, 3.05) is 0 Å². The standard InChI is InChI=1S/C24H16F3N5O/c25-24(26,27)20-12-16(23(28)33)6-7-19(20)15-3-1-5-18(11-15)31-9-10-32-22(31)13-21(30-32)17-4-2-8-29-14-17/h1-14H,(H2,28,33). The Hall–Kier alpha value is -4.40. The van der Waals surface area contributed by atoms with Crippen molar-refractivity contribution >= 4 is 11.6 Å². The van der Waals surface area contributed by atoms with Crippen LogP contribution in [0.1, 0.15) is 15.9 Å². The maximum absolute atomic E-state index is 13.7. The number of benzene rings is 2. The number of carbonyl (C=O) groups excluding carboxylic acids is 1. The Bertz CT molecular complexity index is 1490. The highest BCUT2D eigenvalue weighted by molar-refractivity contribution is 5.94. The van der Waals surface area contributed by atoms with Gasteiger partial charge >= 0.3 is 6.18 Å². The van der Waals surface area contributed by atoms with Gasteiger partial charge in [0.05, 0.1) is 11.3 Å². The summed E-state index contributed by atoms with van der Waals surface area (Å²) in [7, 11) is 0. The molecule has 5 rings (SSSR count). The Balaban J connectivity index is 1.61. The molecule has 33 heavy (non-hydrogen) atoms. The van der Waals surface area contributed by atoms with Crippen LogP contribution in [-0.2, 0) is 6.18 Å². The molecule has 9 heteroatoms. The maximum atomic E-state index is 13.7. The first-order chi connectivity index (χ1) is 15.8. The van der Waals surface area contributed by atoms with Gasteiger partial charge in [-0.15, -0.1) is 0 Å². The number of nitrogens with zero attached hydrogens (tertiary/aromatic N) is 4. The molecule has 0 saturated heterocycles. The van der Waals surface area contributed by atoms with E-state index in [2.05, 4.69) is 10.1 Å². The molecule has 0 spiro atoms. The van der Waals surface area contributed by atoms with Gasteiger partial charge < -0.3 is 10.3 Å². The van der Waals surface area contributed by atoms with Gasteiger partial charge in [0.15, 0.2) is 0 Å². The number of pyridine rings is 1.